The lowest BCUT2D eigenvalue weighted by atomic mass is 9.92. The van der Waals surface area contributed by atoms with Crippen LogP contribution < -0.4 is 5.73 Å². The van der Waals surface area contributed by atoms with E-state index in [2.05, 4.69) is 20.8 Å². The van der Waals surface area contributed by atoms with E-state index in [0.29, 0.717) is 11.8 Å². The molecule has 2 nitrogen and oxygen atoms in total. The maximum absolute atomic E-state index is 8.64. The lowest BCUT2D eigenvalue weighted by Gasteiger charge is -2.18. The minimum Gasteiger partial charge on any atom is -0.395 e. The zero-order valence-electron chi connectivity index (χ0n) is 7.17. The molecule has 0 rings (SSSR count). The van der Waals surface area contributed by atoms with Crippen molar-refractivity contribution in [2.75, 3.05) is 6.61 Å². The predicted octanol–water partition coefficient (Wildman–Crippen LogP) is 0.988. The van der Waals surface area contributed by atoms with Crippen molar-refractivity contribution in [1.29, 1.82) is 0 Å². The van der Waals surface area contributed by atoms with Gasteiger partial charge in [0, 0.05) is 6.04 Å². The van der Waals surface area contributed by atoms with Gasteiger partial charge < -0.3 is 10.8 Å². The zero-order chi connectivity index (χ0) is 8.15. The minimum absolute atomic E-state index is 0.0302. The Bertz CT molecular complexity index is 83.3. The molecule has 0 aromatic rings. The molecule has 0 spiro atoms. The molecule has 0 radical (unpaired) electrons. The molecule has 0 saturated carbocycles. The molecule has 0 bridgehead atoms. The van der Waals surface area contributed by atoms with Crippen LogP contribution in [0.5, 0.6) is 0 Å². The summed E-state index contributed by atoms with van der Waals surface area (Å²) in [5.74, 6) is 1.28. The maximum Gasteiger partial charge on any atom is 0.0582 e. The van der Waals surface area contributed by atoms with E-state index in [1.165, 1.54) is 0 Å². The lowest BCUT2D eigenvalue weighted by Crippen LogP contribution is -2.27. The molecule has 0 unspecified atom stereocenters. The summed E-state index contributed by atoms with van der Waals surface area (Å²) in [5, 5.41) is 8.64. The van der Waals surface area contributed by atoms with Crippen molar-refractivity contribution in [3.05, 3.63) is 0 Å². The summed E-state index contributed by atoms with van der Waals surface area (Å²) in [6.07, 6.45) is 0.925. The highest BCUT2D eigenvalue weighted by Crippen LogP contribution is 2.14. The summed E-state index contributed by atoms with van der Waals surface area (Å²) >= 11 is 0. The summed E-state index contributed by atoms with van der Waals surface area (Å²) in [4.78, 5) is 0. The van der Waals surface area contributed by atoms with Crippen molar-refractivity contribution in [2.24, 2.45) is 17.6 Å². The molecular weight excluding hydrogens is 126 g/mol. The van der Waals surface area contributed by atoms with Gasteiger partial charge in [0.25, 0.3) is 0 Å². The highest BCUT2D eigenvalue weighted by molar-refractivity contribution is 4.66. The van der Waals surface area contributed by atoms with Crippen molar-refractivity contribution in [1.82, 2.24) is 0 Å². The molecule has 0 aliphatic carbocycles. The van der Waals surface area contributed by atoms with E-state index in [9.17, 15) is 0 Å². The Balaban J connectivity index is 3.46. The second-order valence-electron chi connectivity index (χ2n) is 3.40. The maximum atomic E-state index is 8.64. The number of rotatable bonds is 4. The largest absolute Gasteiger partial charge is 0.395 e. The van der Waals surface area contributed by atoms with Crippen molar-refractivity contribution in [3.63, 3.8) is 0 Å². The second kappa shape index (κ2) is 4.69. The van der Waals surface area contributed by atoms with E-state index >= 15 is 0 Å². The molecule has 0 aromatic carbocycles. The number of nitrogens with two attached hydrogens (primary N) is 1. The number of aliphatic hydroxyl groups excluding tert-OH is 1. The molecule has 0 aliphatic heterocycles. The smallest absolute Gasteiger partial charge is 0.0582 e. The van der Waals surface area contributed by atoms with E-state index in [0.717, 1.165) is 6.42 Å². The molecule has 0 aliphatic rings. The summed E-state index contributed by atoms with van der Waals surface area (Å²) in [7, 11) is 0. The Morgan fingerprint density at radius 1 is 1.30 bits per heavy atom. The SMILES string of the molecule is CC(C)[C@H](C)C[C@H](N)CO. The minimum atomic E-state index is -0.0302. The van der Waals surface area contributed by atoms with Gasteiger partial charge in [-0.25, -0.2) is 0 Å². The van der Waals surface area contributed by atoms with Gasteiger partial charge in [-0.05, 0) is 18.3 Å². The van der Waals surface area contributed by atoms with Gasteiger partial charge in [0.1, 0.15) is 0 Å². The average molecular weight is 145 g/mol. The highest BCUT2D eigenvalue weighted by Gasteiger charge is 2.10. The van der Waals surface area contributed by atoms with Crippen LogP contribution in [0.15, 0.2) is 0 Å². The normalized spacial score (nSPS) is 17.4. The molecule has 0 heterocycles. The van der Waals surface area contributed by atoms with Crippen LogP contribution in [0, 0.1) is 11.8 Å². The summed E-state index contributed by atoms with van der Waals surface area (Å²) in [5.41, 5.74) is 5.56. The predicted molar refractivity (Wildman–Crippen MR) is 43.7 cm³/mol. The van der Waals surface area contributed by atoms with Gasteiger partial charge >= 0.3 is 0 Å². The standard InChI is InChI=1S/C8H19NO/c1-6(2)7(3)4-8(9)5-10/h6-8,10H,4-5,9H2,1-3H3/t7-,8+/m1/s1. The fraction of sp³-hybridized carbons (Fsp3) is 1.00. The van der Waals surface area contributed by atoms with Gasteiger partial charge in [-0.15, -0.1) is 0 Å². The zero-order valence-corrected chi connectivity index (χ0v) is 7.17. The Morgan fingerprint density at radius 3 is 2.10 bits per heavy atom. The van der Waals surface area contributed by atoms with E-state index in [1.807, 2.05) is 0 Å². The van der Waals surface area contributed by atoms with Crippen LogP contribution in [0.3, 0.4) is 0 Å². The molecule has 0 aromatic heterocycles. The van der Waals surface area contributed by atoms with Crippen LogP contribution in [-0.2, 0) is 0 Å². The second-order valence-corrected chi connectivity index (χ2v) is 3.40. The van der Waals surface area contributed by atoms with Crippen molar-refractivity contribution in [2.45, 2.75) is 33.2 Å². The highest BCUT2D eigenvalue weighted by atomic mass is 16.3. The molecular formula is C8H19NO. The van der Waals surface area contributed by atoms with Crippen LogP contribution in [0.4, 0.5) is 0 Å². The third kappa shape index (κ3) is 3.85. The molecule has 3 N–H and O–H groups in total. The third-order valence-corrected chi connectivity index (χ3v) is 2.05. The Hall–Kier alpha value is -0.0800. The van der Waals surface area contributed by atoms with Gasteiger partial charge in [0.15, 0.2) is 0 Å². The fourth-order valence-corrected chi connectivity index (χ4v) is 0.824. The Kier molecular flexibility index (Phi) is 4.65. The first-order chi connectivity index (χ1) is 4.57. The van der Waals surface area contributed by atoms with Gasteiger partial charge in [-0.3, -0.25) is 0 Å². The number of hydrogen-bond donors (Lipinski definition) is 2. The van der Waals surface area contributed by atoms with Crippen LogP contribution in [0.2, 0.25) is 0 Å². The fourth-order valence-electron chi connectivity index (χ4n) is 0.824. The van der Waals surface area contributed by atoms with E-state index in [1.54, 1.807) is 0 Å². The van der Waals surface area contributed by atoms with E-state index in [4.69, 9.17) is 10.8 Å². The van der Waals surface area contributed by atoms with E-state index < -0.39 is 0 Å². The molecule has 0 saturated heterocycles. The topological polar surface area (TPSA) is 46.2 Å². The Morgan fingerprint density at radius 2 is 1.80 bits per heavy atom. The van der Waals surface area contributed by atoms with Gasteiger partial charge in [-0.2, -0.15) is 0 Å². The molecule has 2 heteroatoms. The molecule has 0 amide bonds. The van der Waals surface area contributed by atoms with Crippen LogP contribution >= 0.6 is 0 Å². The van der Waals surface area contributed by atoms with Gasteiger partial charge in [-0.1, -0.05) is 20.8 Å². The van der Waals surface area contributed by atoms with Crippen molar-refractivity contribution in [3.8, 4) is 0 Å². The van der Waals surface area contributed by atoms with E-state index in [-0.39, 0.29) is 12.6 Å². The molecule has 2 atom stereocenters. The first-order valence-electron chi connectivity index (χ1n) is 3.94. The Labute approximate surface area is 63.4 Å². The third-order valence-electron chi connectivity index (χ3n) is 2.05. The lowest BCUT2D eigenvalue weighted by molar-refractivity contribution is 0.235. The summed E-state index contributed by atoms with van der Waals surface area (Å²) in [6, 6.07) is -0.0302. The number of aliphatic hydroxyl groups is 1. The summed E-state index contributed by atoms with van der Waals surface area (Å²) in [6.45, 7) is 6.63. The van der Waals surface area contributed by atoms with Gasteiger partial charge in [0.2, 0.25) is 0 Å². The quantitative estimate of drug-likeness (QED) is 0.619. The monoisotopic (exact) mass is 145 g/mol. The molecule has 10 heavy (non-hydrogen) atoms. The first kappa shape index (κ1) is 9.92. The average Bonchev–Trinajstić information content (AvgIpc) is 1.87. The van der Waals surface area contributed by atoms with Crippen LogP contribution in [0.25, 0.3) is 0 Å². The van der Waals surface area contributed by atoms with Crippen LogP contribution in [-0.4, -0.2) is 17.8 Å². The van der Waals surface area contributed by atoms with Crippen molar-refractivity contribution >= 4 is 0 Å². The summed E-state index contributed by atoms with van der Waals surface area (Å²) < 4.78 is 0. The first-order valence-corrected chi connectivity index (χ1v) is 3.94. The van der Waals surface area contributed by atoms with Crippen molar-refractivity contribution < 1.29 is 5.11 Å². The van der Waals surface area contributed by atoms with Gasteiger partial charge in [0.05, 0.1) is 6.61 Å². The molecule has 0 fully saturated rings. The number of hydrogen-bond acceptors (Lipinski definition) is 2. The molecule has 62 valence electrons. The van der Waals surface area contributed by atoms with Crippen LogP contribution in [0.1, 0.15) is 27.2 Å².